The third kappa shape index (κ3) is 5.42. The first-order chi connectivity index (χ1) is 13.0. The van der Waals surface area contributed by atoms with Crippen molar-refractivity contribution in [2.75, 3.05) is 26.2 Å². The first kappa shape index (κ1) is 19.6. The molecule has 1 amide bonds. The highest BCUT2D eigenvalue weighted by molar-refractivity contribution is 5.94. The second kappa shape index (κ2) is 9.18. The number of piperidine rings is 1. The maximum atomic E-state index is 13.7. The maximum absolute atomic E-state index is 13.7. The normalized spacial score (nSPS) is 17.0. The van der Waals surface area contributed by atoms with Gasteiger partial charge in [0.1, 0.15) is 17.3 Å². The minimum Gasteiger partial charge on any atom is -0.466 e. The zero-order chi connectivity index (χ0) is 19.2. The lowest BCUT2D eigenvalue weighted by molar-refractivity contribution is 0.0931. The molecule has 0 bridgehead atoms. The number of amides is 1. The van der Waals surface area contributed by atoms with Crippen LogP contribution in [0.3, 0.4) is 0 Å². The number of aryl methyl sites for hydroxylation is 1. The van der Waals surface area contributed by atoms with Gasteiger partial charge < -0.3 is 14.6 Å². The van der Waals surface area contributed by atoms with Crippen LogP contribution in [0, 0.1) is 18.7 Å². The number of carbonyl (C=O) groups is 1. The number of halogens is 1. The Kier molecular flexibility index (Phi) is 6.67. The van der Waals surface area contributed by atoms with Crippen LogP contribution in [0.4, 0.5) is 4.39 Å². The lowest BCUT2D eigenvalue weighted by Crippen LogP contribution is -2.39. The summed E-state index contributed by atoms with van der Waals surface area (Å²) in [6.45, 7) is 7.96. The van der Waals surface area contributed by atoms with Gasteiger partial charge in [-0.25, -0.2) is 4.39 Å². The molecule has 1 aliphatic rings. The van der Waals surface area contributed by atoms with Gasteiger partial charge in [-0.1, -0.05) is 19.1 Å². The van der Waals surface area contributed by atoms with E-state index in [1.54, 1.807) is 12.1 Å². The molecule has 1 aromatic heterocycles. The Morgan fingerprint density at radius 3 is 2.67 bits per heavy atom. The number of likely N-dealkylation sites (tertiary alicyclic amines) is 1. The van der Waals surface area contributed by atoms with Crippen molar-refractivity contribution in [3.05, 3.63) is 59.3 Å². The molecule has 1 saturated heterocycles. The molecule has 2 heterocycles. The van der Waals surface area contributed by atoms with Crippen LogP contribution in [0.25, 0.3) is 0 Å². The Hall–Kier alpha value is -2.14. The summed E-state index contributed by atoms with van der Waals surface area (Å²) in [4.78, 5) is 14.6. The van der Waals surface area contributed by atoms with Gasteiger partial charge in [0.15, 0.2) is 0 Å². The molecule has 0 saturated carbocycles. The molecule has 4 nitrogen and oxygen atoms in total. The van der Waals surface area contributed by atoms with E-state index in [2.05, 4.69) is 23.2 Å². The molecule has 1 aliphatic heterocycles. The van der Waals surface area contributed by atoms with Crippen molar-refractivity contribution in [2.24, 2.45) is 5.92 Å². The van der Waals surface area contributed by atoms with Gasteiger partial charge in [0.25, 0.3) is 5.91 Å². The third-order valence-electron chi connectivity index (χ3n) is 5.50. The number of nitrogens with zero attached hydrogens (tertiary/aromatic N) is 1. The molecular formula is C22H29FN2O2. The van der Waals surface area contributed by atoms with Gasteiger partial charge in [-0.3, -0.25) is 4.79 Å². The van der Waals surface area contributed by atoms with Crippen molar-refractivity contribution in [2.45, 2.75) is 39.0 Å². The summed E-state index contributed by atoms with van der Waals surface area (Å²) < 4.78 is 19.4. The van der Waals surface area contributed by atoms with Crippen molar-refractivity contribution in [3.8, 4) is 0 Å². The summed E-state index contributed by atoms with van der Waals surface area (Å²) in [6.07, 6.45) is 3.21. The fourth-order valence-electron chi connectivity index (χ4n) is 3.63. The first-order valence-electron chi connectivity index (χ1n) is 9.84. The highest BCUT2D eigenvalue weighted by Gasteiger charge is 2.21. The summed E-state index contributed by atoms with van der Waals surface area (Å²) >= 11 is 0. The lowest BCUT2D eigenvalue weighted by atomic mass is 9.95. The van der Waals surface area contributed by atoms with Crippen molar-refractivity contribution in [1.29, 1.82) is 0 Å². The predicted molar refractivity (Wildman–Crippen MR) is 104 cm³/mol. The summed E-state index contributed by atoms with van der Waals surface area (Å²) in [5.74, 6) is 2.13. The molecule has 1 N–H and O–H groups in total. The van der Waals surface area contributed by atoms with Crippen LogP contribution in [0.1, 0.15) is 54.0 Å². The predicted octanol–water partition coefficient (Wildman–Crippen LogP) is 4.36. The van der Waals surface area contributed by atoms with E-state index in [1.165, 1.54) is 12.1 Å². The SMILES string of the molecule is Cc1ccc(C(C)CCN2CCC(CNC(=O)c3ccccc3F)CC2)o1. The average Bonchev–Trinajstić information content (AvgIpc) is 3.12. The van der Waals surface area contributed by atoms with E-state index in [1.807, 2.05) is 13.0 Å². The van der Waals surface area contributed by atoms with Crippen LogP contribution < -0.4 is 5.32 Å². The van der Waals surface area contributed by atoms with E-state index >= 15 is 0 Å². The number of hydrogen-bond donors (Lipinski definition) is 1. The van der Waals surface area contributed by atoms with E-state index < -0.39 is 5.82 Å². The molecule has 0 radical (unpaired) electrons. The summed E-state index contributed by atoms with van der Waals surface area (Å²) in [5.41, 5.74) is 0.122. The number of furan rings is 1. The maximum Gasteiger partial charge on any atom is 0.254 e. The Bertz CT molecular complexity index is 750. The van der Waals surface area contributed by atoms with E-state index in [-0.39, 0.29) is 11.5 Å². The minimum absolute atomic E-state index is 0.122. The molecule has 2 aromatic rings. The van der Waals surface area contributed by atoms with Gasteiger partial charge in [0.2, 0.25) is 0 Å². The largest absolute Gasteiger partial charge is 0.466 e. The molecule has 5 heteroatoms. The van der Waals surface area contributed by atoms with Gasteiger partial charge in [-0.05, 0) is 76.0 Å². The fraction of sp³-hybridized carbons (Fsp3) is 0.500. The minimum atomic E-state index is -0.467. The highest BCUT2D eigenvalue weighted by atomic mass is 19.1. The van der Waals surface area contributed by atoms with Crippen molar-refractivity contribution in [3.63, 3.8) is 0 Å². The molecule has 1 aromatic carbocycles. The van der Waals surface area contributed by atoms with Gasteiger partial charge in [0, 0.05) is 12.5 Å². The fourth-order valence-corrected chi connectivity index (χ4v) is 3.63. The summed E-state index contributed by atoms with van der Waals surface area (Å²) in [7, 11) is 0. The second-order valence-corrected chi connectivity index (χ2v) is 7.61. The molecule has 1 atom stereocenters. The molecule has 146 valence electrons. The molecule has 3 rings (SSSR count). The third-order valence-corrected chi connectivity index (χ3v) is 5.50. The van der Waals surface area contributed by atoms with Gasteiger partial charge in [0.05, 0.1) is 5.56 Å². The molecule has 0 spiro atoms. The Balaban J connectivity index is 1.36. The Morgan fingerprint density at radius 2 is 2.00 bits per heavy atom. The number of hydrogen-bond acceptors (Lipinski definition) is 3. The molecule has 1 unspecified atom stereocenters. The highest BCUT2D eigenvalue weighted by Crippen LogP contribution is 2.23. The van der Waals surface area contributed by atoms with Gasteiger partial charge in [-0.2, -0.15) is 0 Å². The van der Waals surface area contributed by atoms with Crippen molar-refractivity contribution < 1.29 is 13.6 Å². The van der Waals surface area contributed by atoms with Gasteiger partial charge in [-0.15, -0.1) is 0 Å². The van der Waals surface area contributed by atoms with Crippen molar-refractivity contribution >= 4 is 5.91 Å². The average molecular weight is 372 g/mol. The zero-order valence-electron chi connectivity index (χ0n) is 16.2. The van der Waals surface area contributed by atoms with Gasteiger partial charge >= 0.3 is 0 Å². The summed E-state index contributed by atoms with van der Waals surface area (Å²) in [6, 6.07) is 10.2. The van der Waals surface area contributed by atoms with E-state index in [9.17, 15) is 9.18 Å². The number of rotatable bonds is 7. The number of benzene rings is 1. The van der Waals surface area contributed by atoms with Crippen LogP contribution in [-0.2, 0) is 0 Å². The van der Waals surface area contributed by atoms with E-state index in [0.29, 0.717) is 18.4 Å². The monoisotopic (exact) mass is 372 g/mol. The standard InChI is InChI=1S/C22H29FN2O2/c1-16(21-8-7-17(2)27-21)9-12-25-13-10-18(11-14-25)15-24-22(26)19-5-3-4-6-20(19)23/h3-8,16,18H,9-15H2,1-2H3,(H,24,26). The van der Waals surface area contributed by atoms with Crippen LogP contribution in [0.2, 0.25) is 0 Å². The van der Waals surface area contributed by atoms with Crippen molar-refractivity contribution in [1.82, 2.24) is 10.2 Å². The molecular weight excluding hydrogens is 343 g/mol. The number of nitrogens with one attached hydrogen (secondary N) is 1. The Labute approximate surface area is 160 Å². The van der Waals surface area contributed by atoms with E-state index in [0.717, 1.165) is 50.4 Å². The van der Waals surface area contributed by atoms with Crippen LogP contribution in [-0.4, -0.2) is 37.0 Å². The summed E-state index contributed by atoms with van der Waals surface area (Å²) in [5, 5.41) is 2.89. The molecule has 0 aliphatic carbocycles. The smallest absolute Gasteiger partial charge is 0.254 e. The first-order valence-corrected chi connectivity index (χ1v) is 9.84. The quantitative estimate of drug-likeness (QED) is 0.785. The number of carbonyl (C=O) groups excluding carboxylic acids is 1. The zero-order valence-corrected chi connectivity index (χ0v) is 16.2. The topological polar surface area (TPSA) is 45.5 Å². The van der Waals surface area contributed by atoms with Crippen LogP contribution in [0.5, 0.6) is 0 Å². The molecule has 27 heavy (non-hydrogen) atoms. The lowest BCUT2D eigenvalue weighted by Gasteiger charge is -2.32. The second-order valence-electron chi connectivity index (χ2n) is 7.61. The Morgan fingerprint density at radius 1 is 1.26 bits per heavy atom. The van der Waals surface area contributed by atoms with Crippen LogP contribution in [0.15, 0.2) is 40.8 Å². The molecule has 1 fully saturated rings. The van der Waals surface area contributed by atoms with Crippen LogP contribution >= 0.6 is 0 Å². The van der Waals surface area contributed by atoms with E-state index in [4.69, 9.17) is 4.42 Å².